The predicted octanol–water partition coefficient (Wildman–Crippen LogP) is 1.97. The van der Waals surface area contributed by atoms with Crippen molar-refractivity contribution in [2.45, 2.75) is 32.2 Å². The summed E-state index contributed by atoms with van der Waals surface area (Å²) < 4.78 is 0. The molecule has 1 aromatic heterocycles. The summed E-state index contributed by atoms with van der Waals surface area (Å²) in [6.45, 7) is 4.71. The molecule has 0 amide bonds. The fourth-order valence-electron chi connectivity index (χ4n) is 4.07. The molecule has 24 heavy (non-hydrogen) atoms. The molecule has 2 aromatic rings. The summed E-state index contributed by atoms with van der Waals surface area (Å²) in [5, 5.41) is 13.5. The molecule has 3 heterocycles. The van der Waals surface area contributed by atoms with E-state index >= 15 is 0 Å². The van der Waals surface area contributed by atoms with Gasteiger partial charge in [0, 0.05) is 25.0 Å². The van der Waals surface area contributed by atoms with E-state index in [4.69, 9.17) is 0 Å². The average Bonchev–Trinajstić information content (AvgIpc) is 2.99. The van der Waals surface area contributed by atoms with E-state index in [0.29, 0.717) is 0 Å². The van der Waals surface area contributed by atoms with Gasteiger partial charge < -0.3 is 15.3 Å². The summed E-state index contributed by atoms with van der Waals surface area (Å²) >= 11 is 0. The fourth-order valence-corrected chi connectivity index (χ4v) is 4.07. The van der Waals surface area contributed by atoms with Crippen molar-refractivity contribution in [1.82, 2.24) is 15.3 Å². The molecule has 2 fully saturated rings. The smallest absolute Gasteiger partial charge is 0.320 e. The Balaban J connectivity index is 1.55. The zero-order valence-corrected chi connectivity index (χ0v) is 13.8. The highest BCUT2D eigenvalue weighted by Gasteiger charge is 2.43. The number of hydrogen-bond donors (Lipinski definition) is 2. The van der Waals surface area contributed by atoms with Gasteiger partial charge >= 0.3 is 5.97 Å². The molecule has 0 bridgehead atoms. The molecule has 2 aliphatic heterocycles. The number of aliphatic carboxylic acids is 1. The molecule has 6 heteroatoms. The molecule has 0 aliphatic carbocycles. The van der Waals surface area contributed by atoms with Gasteiger partial charge in [0.1, 0.15) is 18.2 Å². The van der Waals surface area contributed by atoms with E-state index in [0.717, 1.165) is 55.6 Å². The van der Waals surface area contributed by atoms with Gasteiger partial charge in [0.05, 0.1) is 5.52 Å². The molecular formula is C18H22N4O2. The van der Waals surface area contributed by atoms with Gasteiger partial charge in [-0.2, -0.15) is 0 Å². The second-order valence-electron chi connectivity index (χ2n) is 7.18. The van der Waals surface area contributed by atoms with E-state index in [-0.39, 0.29) is 11.5 Å². The Hall–Kier alpha value is -2.21. The summed E-state index contributed by atoms with van der Waals surface area (Å²) in [5.74, 6) is 0.269. The number of carbonyl (C=O) groups is 1. The number of aromatic nitrogens is 2. The first kappa shape index (κ1) is 15.3. The zero-order chi connectivity index (χ0) is 16.7. The Bertz CT molecular complexity index is 784. The first-order chi connectivity index (χ1) is 11.6. The number of fused-ring (bicyclic) bond motifs is 1. The van der Waals surface area contributed by atoms with Crippen LogP contribution in [0.2, 0.25) is 0 Å². The molecule has 4 rings (SSSR count). The second-order valence-corrected chi connectivity index (χ2v) is 7.18. The molecule has 6 nitrogen and oxygen atoms in total. The lowest BCUT2D eigenvalue weighted by Crippen LogP contribution is -2.41. The molecule has 1 spiro atoms. The molecule has 0 radical (unpaired) electrons. The largest absolute Gasteiger partial charge is 0.480 e. The number of anilines is 1. The van der Waals surface area contributed by atoms with Crippen molar-refractivity contribution in [2.24, 2.45) is 5.41 Å². The number of carboxylic acid groups (broad SMARTS) is 1. The van der Waals surface area contributed by atoms with Gasteiger partial charge in [-0.05, 0) is 43.7 Å². The molecule has 1 aromatic carbocycles. The number of aryl methyl sites for hydroxylation is 1. The minimum absolute atomic E-state index is 0.123. The Morgan fingerprint density at radius 3 is 2.83 bits per heavy atom. The van der Waals surface area contributed by atoms with Gasteiger partial charge in [-0.15, -0.1) is 0 Å². The van der Waals surface area contributed by atoms with Crippen molar-refractivity contribution in [1.29, 1.82) is 0 Å². The highest BCUT2D eigenvalue weighted by molar-refractivity contribution is 5.89. The van der Waals surface area contributed by atoms with Gasteiger partial charge in [0.15, 0.2) is 0 Å². The first-order valence-electron chi connectivity index (χ1n) is 8.49. The standard InChI is InChI=1S/C18H22N4O2/c1-12-2-3-14-13(8-12)16(21-11-20-14)22-6-4-18(5-7-22)9-15(17(23)24)19-10-18/h2-3,8,11,15,19H,4-7,9-10H2,1H3,(H,23,24)/t15-/m0/s1. The van der Waals surface area contributed by atoms with Crippen LogP contribution in [0, 0.1) is 12.3 Å². The van der Waals surface area contributed by atoms with Crippen molar-refractivity contribution in [3.8, 4) is 0 Å². The molecule has 1 atom stereocenters. The maximum Gasteiger partial charge on any atom is 0.320 e. The number of carboxylic acids is 1. The Kier molecular flexibility index (Phi) is 3.64. The lowest BCUT2D eigenvalue weighted by Gasteiger charge is -2.39. The third-order valence-electron chi connectivity index (χ3n) is 5.55. The molecule has 2 aliphatic rings. The van der Waals surface area contributed by atoms with Crippen LogP contribution < -0.4 is 10.2 Å². The van der Waals surface area contributed by atoms with Crippen LogP contribution in [0.1, 0.15) is 24.8 Å². The summed E-state index contributed by atoms with van der Waals surface area (Å²) in [7, 11) is 0. The number of rotatable bonds is 2. The number of nitrogens with one attached hydrogen (secondary N) is 1. The van der Waals surface area contributed by atoms with Crippen molar-refractivity contribution in [3.05, 3.63) is 30.1 Å². The van der Waals surface area contributed by atoms with E-state index in [1.165, 1.54) is 5.56 Å². The quantitative estimate of drug-likeness (QED) is 0.878. The van der Waals surface area contributed by atoms with Crippen LogP contribution in [0.3, 0.4) is 0 Å². The average molecular weight is 326 g/mol. The molecule has 0 saturated carbocycles. The van der Waals surface area contributed by atoms with Gasteiger partial charge in [-0.1, -0.05) is 11.6 Å². The van der Waals surface area contributed by atoms with Gasteiger partial charge in [-0.25, -0.2) is 9.97 Å². The minimum Gasteiger partial charge on any atom is -0.480 e. The van der Waals surface area contributed by atoms with E-state index in [1.54, 1.807) is 6.33 Å². The van der Waals surface area contributed by atoms with Gasteiger partial charge in [-0.3, -0.25) is 4.79 Å². The third kappa shape index (κ3) is 2.60. The van der Waals surface area contributed by atoms with Crippen LogP contribution in [0.25, 0.3) is 10.9 Å². The summed E-state index contributed by atoms with van der Waals surface area (Å²) in [4.78, 5) is 22.4. The molecule has 126 valence electrons. The Labute approximate surface area is 140 Å². The first-order valence-corrected chi connectivity index (χ1v) is 8.49. The summed E-state index contributed by atoms with van der Waals surface area (Å²) in [5.41, 5.74) is 2.30. The minimum atomic E-state index is -0.730. The fraction of sp³-hybridized carbons (Fsp3) is 0.500. The van der Waals surface area contributed by atoms with Crippen molar-refractivity contribution < 1.29 is 9.90 Å². The number of benzene rings is 1. The molecule has 0 unspecified atom stereocenters. The van der Waals surface area contributed by atoms with E-state index in [2.05, 4.69) is 39.2 Å². The van der Waals surface area contributed by atoms with Crippen molar-refractivity contribution >= 4 is 22.7 Å². The summed E-state index contributed by atoms with van der Waals surface area (Å²) in [6.07, 6.45) is 4.37. The van der Waals surface area contributed by atoms with Crippen molar-refractivity contribution in [2.75, 3.05) is 24.5 Å². The van der Waals surface area contributed by atoms with Crippen molar-refractivity contribution in [3.63, 3.8) is 0 Å². The molecule has 2 N–H and O–H groups in total. The van der Waals surface area contributed by atoms with E-state index in [1.807, 2.05) is 6.07 Å². The van der Waals surface area contributed by atoms with Gasteiger partial charge in [0.2, 0.25) is 0 Å². The lowest BCUT2D eigenvalue weighted by atomic mass is 9.76. The monoisotopic (exact) mass is 326 g/mol. The maximum atomic E-state index is 11.2. The normalized spacial score (nSPS) is 23.0. The second kappa shape index (κ2) is 5.70. The molecular weight excluding hydrogens is 304 g/mol. The number of nitrogens with zero attached hydrogens (tertiary/aromatic N) is 3. The third-order valence-corrected chi connectivity index (χ3v) is 5.55. The van der Waals surface area contributed by atoms with Crippen LogP contribution in [0.15, 0.2) is 24.5 Å². The SMILES string of the molecule is Cc1ccc2ncnc(N3CCC4(CC3)CN[C@H](C(=O)O)C4)c2c1. The van der Waals surface area contributed by atoms with Crippen LogP contribution >= 0.6 is 0 Å². The van der Waals surface area contributed by atoms with Crippen LogP contribution in [-0.2, 0) is 4.79 Å². The highest BCUT2D eigenvalue weighted by atomic mass is 16.4. The van der Waals surface area contributed by atoms with Crippen LogP contribution in [0.5, 0.6) is 0 Å². The Morgan fingerprint density at radius 1 is 1.33 bits per heavy atom. The van der Waals surface area contributed by atoms with Crippen LogP contribution in [0.4, 0.5) is 5.82 Å². The van der Waals surface area contributed by atoms with E-state index < -0.39 is 5.97 Å². The molecule has 2 saturated heterocycles. The topological polar surface area (TPSA) is 78.4 Å². The van der Waals surface area contributed by atoms with Gasteiger partial charge in [0.25, 0.3) is 0 Å². The number of piperidine rings is 1. The van der Waals surface area contributed by atoms with Crippen LogP contribution in [-0.4, -0.2) is 46.7 Å². The van der Waals surface area contributed by atoms with E-state index in [9.17, 15) is 9.90 Å². The predicted molar refractivity (Wildman–Crippen MR) is 92.2 cm³/mol. The zero-order valence-electron chi connectivity index (χ0n) is 13.8. The maximum absolute atomic E-state index is 11.2. The highest BCUT2D eigenvalue weighted by Crippen LogP contribution is 2.40. The summed E-state index contributed by atoms with van der Waals surface area (Å²) in [6, 6.07) is 5.87. The Morgan fingerprint density at radius 2 is 2.12 bits per heavy atom. The lowest BCUT2D eigenvalue weighted by molar-refractivity contribution is -0.139. The number of hydrogen-bond acceptors (Lipinski definition) is 5.